The number of hydrogen-bond acceptors (Lipinski definition) is 5. The van der Waals surface area contributed by atoms with E-state index in [9.17, 15) is 9.59 Å². The van der Waals surface area contributed by atoms with E-state index < -0.39 is 0 Å². The lowest BCUT2D eigenvalue weighted by atomic mass is 10.0. The van der Waals surface area contributed by atoms with Gasteiger partial charge in [0, 0.05) is 25.5 Å². The van der Waals surface area contributed by atoms with Crippen molar-refractivity contribution in [2.24, 2.45) is 0 Å². The van der Waals surface area contributed by atoms with Crippen molar-refractivity contribution < 1.29 is 19.1 Å². The molecule has 0 fully saturated rings. The molecule has 2 heterocycles. The van der Waals surface area contributed by atoms with E-state index in [2.05, 4.69) is 4.98 Å². The molecule has 1 aliphatic heterocycles. The number of nitrogens with zero attached hydrogens (tertiary/aromatic N) is 1. The fourth-order valence-corrected chi connectivity index (χ4v) is 2.42. The Balaban J connectivity index is 1.54. The molecule has 2 aromatic rings. The Hall–Kier alpha value is -2.69. The Bertz CT molecular complexity index is 712. The van der Waals surface area contributed by atoms with Crippen molar-refractivity contribution in [2.45, 2.75) is 19.3 Å². The average molecular weight is 311 g/mol. The first-order chi connectivity index (χ1) is 11.2. The lowest BCUT2D eigenvalue weighted by Crippen LogP contribution is -2.15. The minimum Gasteiger partial charge on any atom is -0.486 e. The highest BCUT2D eigenvalue weighted by Crippen LogP contribution is 2.30. The molecule has 0 bridgehead atoms. The van der Waals surface area contributed by atoms with E-state index in [0.717, 1.165) is 5.56 Å². The molecule has 1 aromatic heterocycles. The molecule has 3 rings (SSSR count). The largest absolute Gasteiger partial charge is 0.486 e. The van der Waals surface area contributed by atoms with E-state index >= 15 is 0 Å². The molecule has 5 heteroatoms. The number of pyridine rings is 1. The summed E-state index contributed by atoms with van der Waals surface area (Å²) in [6, 6.07) is 10.7. The van der Waals surface area contributed by atoms with Gasteiger partial charge in [0.15, 0.2) is 17.3 Å². The second-order valence-electron chi connectivity index (χ2n) is 5.33. The van der Waals surface area contributed by atoms with Crippen LogP contribution in [0.25, 0.3) is 0 Å². The van der Waals surface area contributed by atoms with Crippen LogP contribution in [0.2, 0.25) is 0 Å². The molecule has 0 unspecified atom stereocenters. The number of benzene rings is 1. The summed E-state index contributed by atoms with van der Waals surface area (Å²) < 4.78 is 11.0. The van der Waals surface area contributed by atoms with Crippen molar-refractivity contribution in [1.82, 2.24) is 4.98 Å². The first kappa shape index (κ1) is 15.2. The van der Waals surface area contributed by atoms with Gasteiger partial charge in [-0.3, -0.25) is 14.6 Å². The van der Waals surface area contributed by atoms with Gasteiger partial charge in [-0.2, -0.15) is 0 Å². The predicted molar refractivity (Wildman–Crippen MR) is 83.9 cm³/mol. The van der Waals surface area contributed by atoms with Gasteiger partial charge in [-0.05, 0) is 29.8 Å². The topological polar surface area (TPSA) is 65.5 Å². The van der Waals surface area contributed by atoms with E-state index in [1.165, 1.54) is 0 Å². The highest BCUT2D eigenvalue weighted by Gasteiger charge is 2.14. The molecule has 1 aromatic carbocycles. The standard InChI is InChI=1S/C18H17NO4/c20-14(5-6-16(21)15-3-1-2-8-19-15)11-13-4-7-17-18(12-13)23-10-9-22-17/h1-4,7-8,12H,5-6,9-11H2. The molecular weight excluding hydrogens is 294 g/mol. The third-order valence-electron chi connectivity index (χ3n) is 3.59. The van der Waals surface area contributed by atoms with E-state index in [4.69, 9.17) is 9.47 Å². The van der Waals surface area contributed by atoms with Gasteiger partial charge in [0.25, 0.3) is 0 Å². The average Bonchev–Trinajstić information content (AvgIpc) is 2.60. The smallest absolute Gasteiger partial charge is 0.181 e. The van der Waals surface area contributed by atoms with Gasteiger partial charge in [0.1, 0.15) is 24.7 Å². The van der Waals surface area contributed by atoms with Crippen molar-refractivity contribution in [2.75, 3.05) is 13.2 Å². The number of fused-ring (bicyclic) bond motifs is 1. The molecular formula is C18H17NO4. The molecule has 0 spiro atoms. The molecule has 23 heavy (non-hydrogen) atoms. The van der Waals surface area contributed by atoms with Crippen molar-refractivity contribution in [3.8, 4) is 11.5 Å². The van der Waals surface area contributed by atoms with Crippen molar-refractivity contribution in [3.63, 3.8) is 0 Å². The fraction of sp³-hybridized carbons (Fsp3) is 0.278. The van der Waals surface area contributed by atoms with Gasteiger partial charge in [-0.15, -0.1) is 0 Å². The number of Topliss-reactive ketones (excluding diaryl/α,β-unsaturated/α-hetero) is 2. The number of carbonyl (C=O) groups excluding carboxylic acids is 2. The lowest BCUT2D eigenvalue weighted by molar-refractivity contribution is -0.118. The van der Waals surface area contributed by atoms with Crippen LogP contribution in [-0.4, -0.2) is 29.8 Å². The van der Waals surface area contributed by atoms with Crippen LogP contribution in [0.15, 0.2) is 42.6 Å². The molecule has 0 atom stereocenters. The van der Waals surface area contributed by atoms with Crippen LogP contribution in [0.4, 0.5) is 0 Å². The Morgan fingerprint density at radius 2 is 1.83 bits per heavy atom. The van der Waals surface area contributed by atoms with Crippen LogP contribution >= 0.6 is 0 Å². The third kappa shape index (κ3) is 3.94. The highest BCUT2D eigenvalue weighted by atomic mass is 16.6. The van der Waals surface area contributed by atoms with Crippen molar-refractivity contribution in [3.05, 3.63) is 53.9 Å². The predicted octanol–water partition coefficient (Wildman–Crippen LogP) is 2.63. The summed E-state index contributed by atoms with van der Waals surface area (Å²) in [5.41, 5.74) is 1.27. The molecule has 1 aliphatic rings. The van der Waals surface area contributed by atoms with Crippen LogP contribution < -0.4 is 9.47 Å². The van der Waals surface area contributed by atoms with Crippen LogP contribution in [0, 0.1) is 0 Å². The highest BCUT2D eigenvalue weighted by molar-refractivity contribution is 5.96. The SMILES string of the molecule is O=C(CCC(=O)c1ccccn1)Cc1ccc2c(c1)OCCO2. The maximum Gasteiger partial charge on any atom is 0.181 e. The minimum absolute atomic E-state index is 0.0194. The zero-order chi connectivity index (χ0) is 16.1. The van der Waals surface area contributed by atoms with Crippen LogP contribution in [0.1, 0.15) is 28.9 Å². The number of aromatic nitrogens is 1. The first-order valence-electron chi connectivity index (χ1n) is 7.57. The van der Waals surface area contributed by atoms with Gasteiger partial charge in [-0.25, -0.2) is 0 Å². The van der Waals surface area contributed by atoms with E-state index in [0.29, 0.717) is 30.4 Å². The summed E-state index contributed by atoms with van der Waals surface area (Å²) in [6.07, 6.45) is 2.25. The lowest BCUT2D eigenvalue weighted by Gasteiger charge is -2.18. The summed E-state index contributed by atoms with van der Waals surface area (Å²) >= 11 is 0. The summed E-state index contributed by atoms with van der Waals surface area (Å²) in [7, 11) is 0. The molecule has 0 saturated carbocycles. The Labute approximate surface area is 134 Å². The maximum absolute atomic E-state index is 12.1. The number of ether oxygens (including phenoxy) is 2. The Morgan fingerprint density at radius 3 is 2.61 bits per heavy atom. The number of ketones is 2. The van der Waals surface area contributed by atoms with Gasteiger partial charge in [-0.1, -0.05) is 12.1 Å². The first-order valence-corrected chi connectivity index (χ1v) is 7.57. The van der Waals surface area contributed by atoms with Crippen molar-refractivity contribution in [1.29, 1.82) is 0 Å². The molecule has 5 nitrogen and oxygen atoms in total. The summed E-state index contributed by atoms with van der Waals surface area (Å²) in [4.78, 5) is 28.0. The van der Waals surface area contributed by atoms with E-state index in [1.54, 1.807) is 24.4 Å². The number of carbonyl (C=O) groups is 2. The second-order valence-corrected chi connectivity index (χ2v) is 5.33. The number of rotatable bonds is 6. The Kier molecular flexibility index (Phi) is 4.66. The normalized spacial score (nSPS) is 12.7. The van der Waals surface area contributed by atoms with Crippen molar-refractivity contribution >= 4 is 11.6 Å². The molecule has 0 amide bonds. The third-order valence-corrected chi connectivity index (χ3v) is 3.59. The molecule has 0 saturated heterocycles. The Morgan fingerprint density at radius 1 is 1.00 bits per heavy atom. The van der Waals surface area contributed by atoms with Gasteiger partial charge >= 0.3 is 0 Å². The number of hydrogen-bond donors (Lipinski definition) is 0. The zero-order valence-electron chi connectivity index (χ0n) is 12.7. The molecule has 0 N–H and O–H groups in total. The summed E-state index contributed by atoms with van der Waals surface area (Å²) in [5, 5.41) is 0. The van der Waals surface area contributed by atoms with Crippen LogP contribution in [0.3, 0.4) is 0 Å². The summed E-state index contributed by atoms with van der Waals surface area (Å²) in [5.74, 6) is 1.29. The quantitative estimate of drug-likeness (QED) is 0.767. The van der Waals surface area contributed by atoms with Crippen LogP contribution in [0.5, 0.6) is 11.5 Å². The summed E-state index contributed by atoms with van der Waals surface area (Å²) in [6.45, 7) is 1.06. The van der Waals surface area contributed by atoms with Gasteiger partial charge in [0.05, 0.1) is 0 Å². The molecule has 118 valence electrons. The second kappa shape index (κ2) is 7.05. The van der Waals surface area contributed by atoms with Crippen LogP contribution in [-0.2, 0) is 11.2 Å². The molecule has 0 radical (unpaired) electrons. The fourth-order valence-electron chi connectivity index (χ4n) is 2.42. The zero-order valence-corrected chi connectivity index (χ0v) is 12.7. The molecule has 0 aliphatic carbocycles. The van der Waals surface area contributed by atoms with Gasteiger partial charge in [0.2, 0.25) is 0 Å². The van der Waals surface area contributed by atoms with Gasteiger partial charge < -0.3 is 9.47 Å². The monoisotopic (exact) mass is 311 g/mol. The minimum atomic E-state index is -0.110. The maximum atomic E-state index is 12.1. The van der Waals surface area contributed by atoms with E-state index in [1.807, 2.05) is 18.2 Å². The van der Waals surface area contributed by atoms with E-state index in [-0.39, 0.29) is 30.8 Å².